The van der Waals surface area contributed by atoms with Gasteiger partial charge in [0.1, 0.15) is 11.5 Å². The molecule has 1 atom stereocenters. The Labute approximate surface area is 164 Å². The van der Waals surface area contributed by atoms with Gasteiger partial charge in [0.2, 0.25) is 11.8 Å². The van der Waals surface area contributed by atoms with Crippen molar-refractivity contribution in [3.05, 3.63) is 90.5 Å². The lowest BCUT2D eigenvalue weighted by molar-refractivity contribution is -0.120. The number of para-hydroxylation sites is 1. The first-order valence-corrected chi connectivity index (χ1v) is 9.05. The van der Waals surface area contributed by atoms with Crippen molar-refractivity contribution >= 4 is 17.5 Å². The minimum Gasteiger partial charge on any atom is -0.457 e. The van der Waals surface area contributed by atoms with Crippen LogP contribution in [0, 0.1) is 0 Å². The smallest absolute Gasteiger partial charge is 0.226 e. The summed E-state index contributed by atoms with van der Waals surface area (Å²) in [6.07, 6.45) is 0.132. The van der Waals surface area contributed by atoms with Gasteiger partial charge < -0.3 is 15.4 Å². The first-order valence-electron chi connectivity index (χ1n) is 9.05. The number of nitrogens with one attached hydrogen (secondary N) is 2. The number of hydrogen-bond acceptors (Lipinski definition) is 3. The van der Waals surface area contributed by atoms with E-state index in [-0.39, 0.29) is 24.3 Å². The van der Waals surface area contributed by atoms with Gasteiger partial charge in [-0.15, -0.1) is 0 Å². The van der Waals surface area contributed by atoms with E-state index in [1.807, 2.05) is 72.8 Å². The third kappa shape index (κ3) is 5.71. The third-order valence-electron chi connectivity index (χ3n) is 4.07. The van der Waals surface area contributed by atoms with Crippen LogP contribution >= 0.6 is 0 Å². The van der Waals surface area contributed by atoms with Gasteiger partial charge in [0, 0.05) is 18.7 Å². The number of amides is 2. The molecule has 5 nitrogen and oxygen atoms in total. The molecular formula is C23H22N2O3. The quantitative estimate of drug-likeness (QED) is 0.631. The summed E-state index contributed by atoms with van der Waals surface area (Å²) in [6.45, 7) is 1.44. The number of benzene rings is 3. The van der Waals surface area contributed by atoms with Crippen LogP contribution in [0.4, 0.5) is 5.69 Å². The van der Waals surface area contributed by atoms with Gasteiger partial charge in [0.25, 0.3) is 0 Å². The van der Waals surface area contributed by atoms with E-state index in [4.69, 9.17) is 4.74 Å². The van der Waals surface area contributed by atoms with E-state index in [2.05, 4.69) is 10.6 Å². The number of carbonyl (C=O) groups is 2. The molecule has 0 saturated carbocycles. The number of carbonyl (C=O) groups excluding carboxylic acids is 2. The maximum absolute atomic E-state index is 12.5. The molecule has 5 heteroatoms. The lowest BCUT2D eigenvalue weighted by atomic mass is 10.0. The van der Waals surface area contributed by atoms with E-state index in [1.54, 1.807) is 12.1 Å². The standard InChI is InChI=1S/C23H22N2O3/c1-17(26)24-22(18-9-4-2-5-10-18)16-23(27)25-19-11-8-14-21(15-19)28-20-12-6-3-7-13-20/h2-15,22H,16H2,1H3,(H,24,26)(H,25,27). The number of ether oxygens (including phenoxy) is 1. The van der Waals surface area contributed by atoms with Gasteiger partial charge in [0.15, 0.2) is 0 Å². The zero-order chi connectivity index (χ0) is 19.8. The zero-order valence-corrected chi connectivity index (χ0v) is 15.6. The maximum Gasteiger partial charge on any atom is 0.226 e. The molecule has 0 aliphatic heterocycles. The second kappa shape index (κ2) is 9.37. The molecule has 0 radical (unpaired) electrons. The normalized spacial score (nSPS) is 11.3. The van der Waals surface area contributed by atoms with Crippen LogP contribution in [-0.2, 0) is 9.59 Å². The fourth-order valence-electron chi connectivity index (χ4n) is 2.84. The lowest BCUT2D eigenvalue weighted by Gasteiger charge is -2.18. The molecule has 0 fully saturated rings. The first kappa shape index (κ1) is 19.2. The van der Waals surface area contributed by atoms with Gasteiger partial charge in [-0.05, 0) is 29.8 Å². The predicted octanol–water partition coefficient (Wildman–Crippen LogP) is 4.68. The Morgan fingerprint density at radius 2 is 1.50 bits per heavy atom. The minimum absolute atomic E-state index is 0.132. The Kier molecular flexibility index (Phi) is 6.41. The largest absolute Gasteiger partial charge is 0.457 e. The van der Waals surface area contributed by atoms with Crippen LogP contribution in [-0.4, -0.2) is 11.8 Å². The van der Waals surface area contributed by atoms with Gasteiger partial charge >= 0.3 is 0 Å². The summed E-state index contributed by atoms with van der Waals surface area (Å²) < 4.78 is 5.80. The molecule has 0 bridgehead atoms. The Bertz CT molecular complexity index is 927. The minimum atomic E-state index is -0.387. The summed E-state index contributed by atoms with van der Waals surface area (Å²) in [6, 6.07) is 25.7. The van der Waals surface area contributed by atoms with Crippen molar-refractivity contribution in [1.29, 1.82) is 0 Å². The molecule has 0 spiro atoms. The Morgan fingerprint density at radius 3 is 2.18 bits per heavy atom. The van der Waals surface area contributed by atoms with E-state index < -0.39 is 0 Å². The average molecular weight is 374 g/mol. The van der Waals surface area contributed by atoms with Crippen molar-refractivity contribution in [2.45, 2.75) is 19.4 Å². The van der Waals surface area contributed by atoms with Crippen LogP contribution in [0.5, 0.6) is 11.5 Å². The second-order valence-corrected chi connectivity index (χ2v) is 6.36. The topological polar surface area (TPSA) is 67.4 Å². The Hall–Kier alpha value is -3.60. The van der Waals surface area contributed by atoms with Gasteiger partial charge in [-0.25, -0.2) is 0 Å². The van der Waals surface area contributed by atoms with E-state index >= 15 is 0 Å². The van der Waals surface area contributed by atoms with Gasteiger partial charge in [0.05, 0.1) is 12.5 Å². The molecule has 2 N–H and O–H groups in total. The summed E-state index contributed by atoms with van der Waals surface area (Å²) in [4.78, 5) is 24.1. The molecule has 1 unspecified atom stereocenters. The highest BCUT2D eigenvalue weighted by molar-refractivity contribution is 5.91. The van der Waals surface area contributed by atoms with Crippen LogP contribution in [0.15, 0.2) is 84.9 Å². The van der Waals surface area contributed by atoms with E-state index in [9.17, 15) is 9.59 Å². The average Bonchev–Trinajstić information content (AvgIpc) is 2.69. The summed E-state index contributed by atoms with van der Waals surface area (Å²) >= 11 is 0. The van der Waals surface area contributed by atoms with Gasteiger partial charge in [-0.2, -0.15) is 0 Å². The summed E-state index contributed by atoms with van der Waals surface area (Å²) in [5.74, 6) is 0.977. The molecule has 3 aromatic rings. The SMILES string of the molecule is CC(=O)NC(CC(=O)Nc1cccc(Oc2ccccc2)c1)c1ccccc1. The molecule has 0 aliphatic rings. The summed E-state index contributed by atoms with van der Waals surface area (Å²) in [5.41, 5.74) is 1.52. The molecule has 0 aromatic heterocycles. The highest BCUT2D eigenvalue weighted by Crippen LogP contribution is 2.24. The van der Waals surface area contributed by atoms with Crippen LogP contribution in [0.1, 0.15) is 24.9 Å². The fourth-order valence-corrected chi connectivity index (χ4v) is 2.84. The predicted molar refractivity (Wildman–Crippen MR) is 109 cm³/mol. The Morgan fingerprint density at radius 1 is 0.857 bits per heavy atom. The summed E-state index contributed by atoms with van der Waals surface area (Å²) in [5, 5.41) is 5.70. The molecular weight excluding hydrogens is 352 g/mol. The molecule has 28 heavy (non-hydrogen) atoms. The van der Waals surface area contributed by atoms with Crippen molar-refractivity contribution in [3.63, 3.8) is 0 Å². The highest BCUT2D eigenvalue weighted by atomic mass is 16.5. The van der Waals surface area contributed by atoms with Crippen molar-refractivity contribution in [2.75, 3.05) is 5.32 Å². The summed E-state index contributed by atoms with van der Waals surface area (Å²) in [7, 11) is 0. The molecule has 0 saturated heterocycles. The van der Waals surface area contributed by atoms with Crippen molar-refractivity contribution in [3.8, 4) is 11.5 Å². The highest BCUT2D eigenvalue weighted by Gasteiger charge is 2.17. The lowest BCUT2D eigenvalue weighted by Crippen LogP contribution is -2.29. The third-order valence-corrected chi connectivity index (χ3v) is 4.07. The monoisotopic (exact) mass is 374 g/mol. The van der Waals surface area contributed by atoms with Gasteiger partial charge in [-0.3, -0.25) is 9.59 Å². The zero-order valence-electron chi connectivity index (χ0n) is 15.6. The molecule has 142 valence electrons. The second-order valence-electron chi connectivity index (χ2n) is 6.36. The molecule has 0 heterocycles. The van der Waals surface area contributed by atoms with E-state index in [0.29, 0.717) is 11.4 Å². The number of hydrogen-bond donors (Lipinski definition) is 2. The molecule has 0 aliphatic carbocycles. The first-order chi connectivity index (χ1) is 13.6. The fraction of sp³-hybridized carbons (Fsp3) is 0.130. The van der Waals surface area contributed by atoms with Crippen molar-refractivity contribution in [1.82, 2.24) is 5.32 Å². The van der Waals surface area contributed by atoms with Crippen LogP contribution in [0.3, 0.4) is 0 Å². The number of anilines is 1. The van der Waals surface area contributed by atoms with Crippen LogP contribution in [0.25, 0.3) is 0 Å². The van der Waals surface area contributed by atoms with Gasteiger partial charge in [-0.1, -0.05) is 54.6 Å². The van der Waals surface area contributed by atoms with Crippen LogP contribution in [0.2, 0.25) is 0 Å². The molecule has 3 rings (SSSR count). The Balaban J connectivity index is 1.66. The number of rotatable bonds is 7. The maximum atomic E-state index is 12.5. The van der Waals surface area contributed by atoms with E-state index in [0.717, 1.165) is 11.3 Å². The van der Waals surface area contributed by atoms with Crippen LogP contribution < -0.4 is 15.4 Å². The van der Waals surface area contributed by atoms with E-state index in [1.165, 1.54) is 6.92 Å². The van der Waals surface area contributed by atoms with Crippen molar-refractivity contribution < 1.29 is 14.3 Å². The molecule has 3 aromatic carbocycles. The van der Waals surface area contributed by atoms with Crippen molar-refractivity contribution in [2.24, 2.45) is 0 Å². The molecule has 2 amide bonds.